The van der Waals surface area contributed by atoms with Crippen LogP contribution in [0.1, 0.15) is 67.2 Å². The predicted molar refractivity (Wildman–Crippen MR) is 92.4 cm³/mol. The highest BCUT2D eigenvalue weighted by molar-refractivity contribution is 7.12. The largest absolute Gasteiger partial charge is 0.469 e. The molecule has 0 bridgehead atoms. The zero-order chi connectivity index (χ0) is 16.5. The molecule has 0 aromatic carbocycles. The maximum absolute atomic E-state index is 11.1. The summed E-state index contributed by atoms with van der Waals surface area (Å²) in [7, 11) is 1.42. The first-order valence-corrected chi connectivity index (χ1v) is 9.24. The Balaban J connectivity index is 1.91. The minimum absolute atomic E-state index is 0.0394. The van der Waals surface area contributed by atoms with Gasteiger partial charge >= 0.3 is 5.97 Å². The van der Waals surface area contributed by atoms with Crippen molar-refractivity contribution in [3.8, 4) is 0 Å². The number of thiophene rings is 1. The quantitative estimate of drug-likeness (QED) is 0.270. The smallest absolute Gasteiger partial charge is 0.305 e. The van der Waals surface area contributed by atoms with Crippen LogP contribution in [0.15, 0.2) is 17.2 Å². The summed E-state index contributed by atoms with van der Waals surface area (Å²) in [6.45, 7) is 0. The summed E-state index contributed by atoms with van der Waals surface area (Å²) in [5.41, 5.74) is 8.88. The summed E-state index contributed by atoms with van der Waals surface area (Å²) >= 11 is 1.71. The Kier molecular flexibility index (Phi) is 7.43. The molecule has 1 saturated carbocycles. The number of hydrogen-bond donors (Lipinski definition) is 0. The summed E-state index contributed by atoms with van der Waals surface area (Å²) in [6, 6.07) is 4.14. The van der Waals surface area contributed by atoms with Gasteiger partial charge in [-0.05, 0) is 42.8 Å². The molecule has 23 heavy (non-hydrogen) atoms. The summed E-state index contributed by atoms with van der Waals surface area (Å²) in [4.78, 5) is 16.6. The fourth-order valence-electron chi connectivity index (χ4n) is 3.24. The minimum Gasteiger partial charge on any atom is -0.469 e. The van der Waals surface area contributed by atoms with Crippen molar-refractivity contribution < 1.29 is 9.53 Å². The lowest BCUT2D eigenvalue weighted by Crippen LogP contribution is -2.09. The Morgan fingerprint density at radius 3 is 2.91 bits per heavy atom. The van der Waals surface area contributed by atoms with E-state index in [2.05, 4.69) is 26.9 Å². The van der Waals surface area contributed by atoms with Crippen molar-refractivity contribution in [2.45, 2.75) is 63.8 Å². The Morgan fingerprint density at radius 1 is 1.43 bits per heavy atom. The first kappa shape index (κ1) is 17.8. The second kappa shape index (κ2) is 9.58. The van der Waals surface area contributed by atoms with Gasteiger partial charge in [0.15, 0.2) is 0 Å². The van der Waals surface area contributed by atoms with Gasteiger partial charge in [-0.25, -0.2) is 0 Å². The van der Waals surface area contributed by atoms with Crippen molar-refractivity contribution >= 4 is 17.3 Å². The Hall–Kier alpha value is -1.52. The highest BCUT2D eigenvalue weighted by Crippen LogP contribution is 2.36. The Labute approximate surface area is 141 Å². The third-order valence-corrected chi connectivity index (χ3v) is 5.76. The van der Waals surface area contributed by atoms with Crippen LogP contribution in [0, 0.1) is 5.92 Å². The lowest BCUT2D eigenvalue weighted by Gasteiger charge is -2.23. The molecule has 0 N–H and O–H groups in total. The van der Waals surface area contributed by atoms with Gasteiger partial charge in [-0.15, -0.1) is 11.3 Å². The number of methoxy groups -OCH3 is 1. The zero-order valence-electron chi connectivity index (χ0n) is 13.7. The van der Waals surface area contributed by atoms with E-state index >= 15 is 0 Å². The number of ether oxygens (including phenoxy) is 1. The van der Waals surface area contributed by atoms with Crippen LogP contribution >= 0.6 is 11.3 Å². The van der Waals surface area contributed by atoms with Crippen molar-refractivity contribution in [1.29, 1.82) is 0 Å². The van der Waals surface area contributed by atoms with E-state index in [1.54, 1.807) is 11.3 Å². The fourth-order valence-corrected chi connectivity index (χ4v) is 4.34. The molecule has 0 radical (unpaired) electrons. The molecule has 5 nitrogen and oxygen atoms in total. The molecule has 0 saturated heterocycles. The fraction of sp³-hybridized carbons (Fsp3) is 0.706. The second-order valence-corrected chi connectivity index (χ2v) is 7.39. The Bertz CT molecular complexity index is 546. The van der Waals surface area contributed by atoms with E-state index in [4.69, 9.17) is 5.53 Å². The molecule has 1 aromatic heterocycles. The number of aryl methyl sites for hydroxylation is 1. The number of hydrogen-bond acceptors (Lipinski definition) is 4. The zero-order valence-corrected chi connectivity index (χ0v) is 14.6. The van der Waals surface area contributed by atoms with Crippen molar-refractivity contribution in [3.05, 3.63) is 32.3 Å². The van der Waals surface area contributed by atoms with Crippen molar-refractivity contribution in [2.24, 2.45) is 11.0 Å². The highest BCUT2D eigenvalue weighted by atomic mass is 32.1. The summed E-state index contributed by atoms with van der Waals surface area (Å²) in [5.74, 6) is 0.523. The van der Waals surface area contributed by atoms with Crippen LogP contribution in [-0.2, 0) is 16.0 Å². The average molecular weight is 335 g/mol. The maximum atomic E-state index is 11.1. The van der Waals surface area contributed by atoms with Gasteiger partial charge in [-0.3, -0.25) is 4.79 Å². The van der Waals surface area contributed by atoms with Crippen LogP contribution in [0.3, 0.4) is 0 Å². The van der Waals surface area contributed by atoms with Crippen molar-refractivity contribution in [2.75, 3.05) is 7.11 Å². The molecule has 1 aromatic rings. The molecule has 1 aliphatic rings. The van der Waals surface area contributed by atoms with E-state index in [-0.39, 0.29) is 12.0 Å². The predicted octanol–water partition coefficient (Wildman–Crippen LogP) is 5.57. The number of esters is 1. The van der Waals surface area contributed by atoms with E-state index in [0.717, 1.165) is 24.1 Å². The lowest BCUT2D eigenvalue weighted by atomic mass is 9.85. The van der Waals surface area contributed by atoms with Gasteiger partial charge in [-0.2, -0.15) is 0 Å². The van der Waals surface area contributed by atoms with Crippen molar-refractivity contribution in [3.63, 3.8) is 0 Å². The van der Waals surface area contributed by atoms with Crippen LogP contribution in [0.4, 0.5) is 0 Å². The van der Waals surface area contributed by atoms with E-state index in [9.17, 15) is 4.79 Å². The molecule has 0 amide bonds. The van der Waals surface area contributed by atoms with E-state index in [0.29, 0.717) is 12.3 Å². The molecule has 6 heteroatoms. The molecule has 0 spiro atoms. The van der Waals surface area contributed by atoms with E-state index in [1.165, 1.54) is 44.1 Å². The number of carbonyl (C=O) groups is 1. The molecule has 1 atom stereocenters. The van der Waals surface area contributed by atoms with Crippen LogP contribution in [0.25, 0.3) is 10.4 Å². The molecule has 0 aliphatic heterocycles. The van der Waals surface area contributed by atoms with E-state index < -0.39 is 0 Å². The molecule has 1 fully saturated rings. The number of nitrogens with zero attached hydrogens (tertiary/aromatic N) is 3. The SMILES string of the molecule is COC(=O)CCCc1ccc(C(CC2CCCCC2)N=[N+]=[N-])s1. The molecule has 2 rings (SSSR count). The molecule has 1 aliphatic carbocycles. The summed E-state index contributed by atoms with van der Waals surface area (Å²) in [6.07, 6.45) is 9.54. The standard InChI is InChI=1S/C17H25N3O2S/c1-22-17(21)9-5-8-14-10-11-16(23-14)15(19-20-18)12-13-6-3-2-4-7-13/h10-11,13,15H,2-9,12H2,1H3. The van der Waals surface area contributed by atoms with Gasteiger partial charge in [-0.1, -0.05) is 37.2 Å². The molecular weight excluding hydrogens is 310 g/mol. The van der Waals surface area contributed by atoms with Gasteiger partial charge in [0.2, 0.25) is 0 Å². The van der Waals surface area contributed by atoms with Crippen LogP contribution in [0.5, 0.6) is 0 Å². The summed E-state index contributed by atoms with van der Waals surface area (Å²) in [5, 5.41) is 4.04. The van der Waals surface area contributed by atoms with Gasteiger partial charge in [0.25, 0.3) is 0 Å². The monoisotopic (exact) mass is 335 g/mol. The normalized spacial score (nSPS) is 16.6. The second-order valence-electron chi connectivity index (χ2n) is 6.19. The van der Waals surface area contributed by atoms with Crippen LogP contribution < -0.4 is 0 Å². The van der Waals surface area contributed by atoms with Crippen LogP contribution in [0.2, 0.25) is 0 Å². The maximum Gasteiger partial charge on any atom is 0.305 e. The third kappa shape index (κ3) is 5.88. The molecule has 126 valence electrons. The lowest BCUT2D eigenvalue weighted by molar-refractivity contribution is -0.140. The molecule has 1 heterocycles. The Morgan fingerprint density at radius 2 is 2.22 bits per heavy atom. The van der Waals surface area contributed by atoms with Gasteiger partial charge in [0, 0.05) is 21.1 Å². The minimum atomic E-state index is -0.161. The average Bonchev–Trinajstić information content (AvgIpc) is 3.04. The van der Waals surface area contributed by atoms with Crippen LogP contribution in [-0.4, -0.2) is 13.1 Å². The van der Waals surface area contributed by atoms with Gasteiger partial charge in [0.1, 0.15) is 0 Å². The number of carbonyl (C=O) groups excluding carboxylic acids is 1. The molecule has 1 unspecified atom stereocenters. The first-order chi connectivity index (χ1) is 11.2. The first-order valence-electron chi connectivity index (χ1n) is 8.42. The van der Waals surface area contributed by atoms with Gasteiger partial charge < -0.3 is 4.74 Å². The number of azide groups is 1. The van der Waals surface area contributed by atoms with E-state index in [1.807, 2.05) is 0 Å². The van der Waals surface area contributed by atoms with Gasteiger partial charge in [0.05, 0.1) is 13.2 Å². The topological polar surface area (TPSA) is 75.1 Å². The van der Waals surface area contributed by atoms with Crippen molar-refractivity contribution in [1.82, 2.24) is 0 Å². The molecular formula is C17H25N3O2S. The number of rotatable bonds is 8. The third-order valence-electron chi connectivity index (χ3n) is 4.51. The highest BCUT2D eigenvalue weighted by Gasteiger charge is 2.20. The summed E-state index contributed by atoms with van der Waals surface area (Å²) < 4.78 is 4.66.